The number of aromatic amines is 1. The molecule has 170 valence electrons. The monoisotopic (exact) mass is 457 g/mol. The van der Waals surface area contributed by atoms with Crippen LogP contribution in [-0.2, 0) is 0 Å². The Morgan fingerprint density at radius 2 is 1.97 bits per heavy atom. The number of rotatable bonds is 11. The van der Waals surface area contributed by atoms with E-state index in [4.69, 9.17) is 11.6 Å². The van der Waals surface area contributed by atoms with Crippen molar-refractivity contribution in [1.29, 1.82) is 0 Å². The minimum atomic E-state index is -0.255. The first kappa shape index (κ1) is 22.5. The summed E-state index contributed by atoms with van der Waals surface area (Å²) in [4.78, 5) is 11.3. The molecule has 2 heterocycles. The molecular formula is C23H29ClFN7. The summed E-state index contributed by atoms with van der Waals surface area (Å²) in [7, 11) is 0. The van der Waals surface area contributed by atoms with Crippen LogP contribution in [0.15, 0.2) is 36.5 Å². The molecule has 2 aromatic heterocycles. The smallest absolute Gasteiger partial charge is 0.225 e. The molecule has 0 amide bonds. The lowest BCUT2D eigenvalue weighted by atomic mass is 10.0. The van der Waals surface area contributed by atoms with Crippen molar-refractivity contribution in [1.82, 2.24) is 25.1 Å². The topological polar surface area (TPSA) is 81.8 Å². The zero-order chi connectivity index (χ0) is 22.5. The van der Waals surface area contributed by atoms with Crippen LogP contribution < -0.4 is 10.6 Å². The fourth-order valence-electron chi connectivity index (χ4n) is 3.67. The molecule has 3 N–H and O–H groups in total. The third-order valence-corrected chi connectivity index (χ3v) is 6.09. The van der Waals surface area contributed by atoms with Gasteiger partial charge in [0.15, 0.2) is 11.6 Å². The molecule has 7 nitrogen and oxygen atoms in total. The molecule has 1 aliphatic rings. The van der Waals surface area contributed by atoms with Crippen LogP contribution in [0, 0.1) is 5.82 Å². The first-order valence-corrected chi connectivity index (χ1v) is 11.5. The number of aromatic nitrogens is 4. The maximum absolute atomic E-state index is 13.5. The number of anilines is 3. The lowest BCUT2D eigenvalue weighted by molar-refractivity contribution is 0.293. The van der Waals surface area contributed by atoms with E-state index in [0.717, 1.165) is 37.3 Å². The van der Waals surface area contributed by atoms with Gasteiger partial charge in [-0.2, -0.15) is 10.1 Å². The van der Waals surface area contributed by atoms with Gasteiger partial charge < -0.3 is 15.5 Å². The number of nitrogens with zero attached hydrogens (tertiary/aromatic N) is 4. The quantitative estimate of drug-likeness (QED) is 0.353. The number of nitrogens with one attached hydrogen (secondary N) is 3. The summed E-state index contributed by atoms with van der Waals surface area (Å²) in [5, 5.41) is 14.4. The lowest BCUT2D eigenvalue weighted by Crippen LogP contribution is -2.27. The summed E-state index contributed by atoms with van der Waals surface area (Å²) in [6, 6.07) is 8.48. The summed E-state index contributed by atoms with van der Waals surface area (Å²) in [6.07, 6.45) is 4.79. The fraction of sp³-hybridized carbons (Fsp3) is 0.435. The summed E-state index contributed by atoms with van der Waals surface area (Å²) >= 11 is 6.34. The van der Waals surface area contributed by atoms with Crippen molar-refractivity contribution in [3.05, 3.63) is 58.6 Å². The Morgan fingerprint density at radius 3 is 2.66 bits per heavy atom. The molecule has 0 unspecified atom stereocenters. The Bertz CT molecular complexity index is 1020. The summed E-state index contributed by atoms with van der Waals surface area (Å²) in [6.45, 7) is 7.15. The van der Waals surface area contributed by atoms with E-state index in [1.807, 2.05) is 6.07 Å². The highest BCUT2D eigenvalue weighted by molar-refractivity contribution is 6.32. The molecule has 0 spiro atoms. The number of hydrogen-bond acceptors (Lipinski definition) is 6. The van der Waals surface area contributed by atoms with E-state index in [0.29, 0.717) is 28.5 Å². The van der Waals surface area contributed by atoms with Crippen molar-refractivity contribution in [2.75, 3.05) is 30.3 Å². The molecular weight excluding hydrogens is 429 g/mol. The minimum Gasteiger partial charge on any atom is -0.347 e. The third-order valence-electron chi connectivity index (χ3n) is 5.81. The largest absolute Gasteiger partial charge is 0.347 e. The zero-order valence-corrected chi connectivity index (χ0v) is 19.2. The highest BCUT2D eigenvalue weighted by Crippen LogP contribution is 2.39. The first-order valence-electron chi connectivity index (χ1n) is 11.1. The number of halogens is 2. The van der Waals surface area contributed by atoms with Gasteiger partial charge in [0.05, 0.1) is 12.2 Å². The van der Waals surface area contributed by atoms with Gasteiger partial charge in [0, 0.05) is 24.2 Å². The minimum absolute atomic E-state index is 0.0721. The van der Waals surface area contributed by atoms with Crippen molar-refractivity contribution < 1.29 is 4.39 Å². The van der Waals surface area contributed by atoms with Gasteiger partial charge in [-0.05, 0) is 50.0 Å². The standard InChI is InChI=1S/C23H29ClFN7/c1-3-32(4-2)12-11-19(15-7-9-17(25)10-8-15)27-23-26-14-18(24)22(29-23)28-21-13-20(30-31-21)16-5-6-16/h7-10,13-14,16,19H,3-6,11-12H2,1-2H3,(H3,26,27,28,29,30,31)/t19-/m0/s1. The molecule has 0 radical (unpaired) electrons. The van der Waals surface area contributed by atoms with Gasteiger partial charge in [0.2, 0.25) is 5.95 Å². The van der Waals surface area contributed by atoms with E-state index in [2.05, 4.69) is 49.5 Å². The second-order valence-corrected chi connectivity index (χ2v) is 8.47. The van der Waals surface area contributed by atoms with Gasteiger partial charge in [0.1, 0.15) is 10.8 Å². The molecule has 32 heavy (non-hydrogen) atoms. The molecule has 0 saturated heterocycles. The maximum Gasteiger partial charge on any atom is 0.225 e. The predicted molar refractivity (Wildman–Crippen MR) is 126 cm³/mol. The molecule has 1 saturated carbocycles. The third kappa shape index (κ3) is 5.75. The second kappa shape index (κ2) is 10.3. The van der Waals surface area contributed by atoms with Crippen LogP contribution in [0.3, 0.4) is 0 Å². The lowest BCUT2D eigenvalue weighted by Gasteiger charge is -2.24. The Labute approximate surface area is 192 Å². The molecule has 1 aliphatic carbocycles. The highest BCUT2D eigenvalue weighted by Gasteiger charge is 2.25. The van der Waals surface area contributed by atoms with Crippen molar-refractivity contribution in [3.63, 3.8) is 0 Å². The van der Waals surface area contributed by atoms with E-state index >= 15 is 0 Å². The van der Waals surface area contributed by atoms with Crippen molar-refractivity contribution in [2.24, 2.45) is 0 Å². The van der Waals surface area contributed by atoms with E-state index in [-0.39, 0.29) is 11.9 Å². The molecule has 0 aliphatic heterocycles. The number of hydrogen-bond donors (Lipinski definition) is 3. The van der Waals surface area contributed by atoms with Crippen LogP contribution in [0.2, 0.25) is 5.02 Å². The van der Waals surface area contributed by atoms with Crippen LogP contribution in [0.1, 0.15) is 56.3 Å². The summed E-state index contributed by atoms with van der Waals surface area (Å²) in [5.74, 6) is 1.94. The maximum atomic E-state index is 13.5. The normalized spacial score (nSPS) is 14.5. The highest BCUT2D eigenvalue weighted by atomic mass is 35.5. The molecule has 0 bridgehead atoms. The van der Waals surface area contributed by atoms with Crippen molar-refractivity contribution in [2.45, 2.75) is 45.1 Å². The molecule has 1 fully saturated rings. The average molecular weight is 458 g/mol. The van der Waals surface area contributed by atoms with E-state index in [9.17, 15) is 4.39 Å². The molecule has 1 aromatic carbocycles. The number of benzene rings is 1. The van der Waals surface area contributed by atoms with E-state index in [1.165, 1.54) is 25.0 Å². The SMILES string of the molecule is CCN(CC)CC[C@H](Nc1ncc(Cl)c(Nc2cc(C3CC3)[nH]n2)n1)c1ccc(F)cc1. The summed E-state index contributed by atoms with van der Waals surface area (Å²) < 4.78 is 13.5. The van der Waals surface area contributed by atoms with Crippen LogP contribution >= 0.6 is 11.6 Å². The molecule has 4 rings (SSSR count). The van der Waals surface area contributed by atoms with E-state index in [1.54, 1.807) is 18.3 Å². The Morgan fingerprint density at radius 1 is 1.22 bits per heavy atom. The van der Waals surface area contributed by atoms with Crippen LogP contribution in [0.5, 0.6) is 0 Å². The van der Waals surface area contributed by atoms with Crippen molar-refractivity contribution >= 4 is 29.2 Å². The van der Waals surface area contributed by atoms with Crippen LogP contribution in [-0.4, -0.2) is 44.7 Å². The van der Waals surface area contributed by atoms with Crippen LogP contribution in [0.25, 0.3) is 0 Å². The van der Waals surface area contributed by atoms with Crippen molar-refractivity contribution in [3.8, 4) is 0 Å². The van der Waals surface area contributed by atoms with Gasteiger partial charge in [-0.3, -0.25) is 5.10 Å². The van der Waals surface area contributed by atoms with Crippen LogP contribution in [0.4, 0.5) is 22.0 Å². The fourth-order valence-corrected chi connectivity index (χ4v) is 3.81. The van der Waals surface area contributed by atoms with E-state index < -0.39 is 0 Å². The second-order valence-electron chi connectivity index (χ2n) is 8.06. The van der Waals surface area contributed by atoms with Gasteiger partial charge in [0.25, 0.3) is 0 Å². The predicted octanol–water partition coefficient (Wildman–Crippen LogP) is 5.50. The van der Waals surface area contributed by atoms with Gasteiger partial charge in [-0.1, -0.05) is 37.6 Å². The van der Waals surface area contributed by atoms with Gasteiger partial charge >= 0.3 is 0 Å². The Balaban J connectivity index is 1.51. The number of H-pyrrole nitrogens is 1. The Hall–Kier alpha value is -2.71. The first-order chi connectivity index (χ1) is 15.6. The summed E-state index contributed by atoms with van der Waals surface area (Å²) in [5.41, 5.74) is 2.11. The average Bonchev–Trinajstić information content (AvgIpc) is 3.55. The molecule has 3 aromatic rings. The Kier molecular flexibility index (Phi) is 7.22. The van der Waals surface area contributed by atoms with Gasteiger partial charge in [-0.15, -0.1) is 0 Å². The molecule has 9 heteroatoms. The molecule has 1 atom stereocenters. The zero-order valence-electron chi connectivity index (χ0n) is 18.4. The van der Waals surface area contributed by atoms with Gasteiger partial charge in [-0.25, -0.2) is 9.37 Å².